The molecule has 1 aliphatic rings. The Morgan fingerprint density at radius 3 is 2.35 bits per heavy atom. The molecule has 1 atom stereocenters. The number of rotatable bonds is 7. The summed E-state index contributed by atoms with van der Waals surface area (Å²) in [6.07, 6.45) is 3.32. The molecule has 184 valence electrons. The van der Waals surface area contributed by atoms with Gasteiger partial charge >= 0.3 is 0 Å². The number of benzene rings is 3. The third-order valence-electron chi connectivity index (χ3n) is 6.51. The summed E-state index contributed by atoms with van der Waals surface area (Å²) in [5.74, 6) is -0.949. The molecule has 4 aromatic rings. The van der Waals surface area contributed by atoms with Gasteiger partial charge in [0.15, 0.2) is 0 Å². The fourth-order valence-corrected chi connectivity index (χ4v) is 4.51. The number of aryl methyl sites for hydroxylation is 1. The molecule has 1 amide bonds. The third-order valence-corrected chi connectivity index (χ3v) is 6.51. The maximum Gasteiger partial charge on any atom is 0.295 e. The standard InChI is InChI=1S/C31H26N2O4/c1-21-8-5-6-12-25(21)20-37-26-15-13-24(14-16-26)29(34)27-28(23-10-3-2-4-11-23)33(31(36)30(27)35)19-22-9-7-17-32-18-22/h2-18,28,34H,19-20H2,1H3. The Balaban J connectivity index is 1.46. The van der Waals surface area contributed by atoms with Gasteiger partial charge in [0.1, 0.15) is 18.1 Å². The second-order valence-electron chi connectivity index (χ2n) is 8.94. The molecule has 0 bridgehead atoms. The quantitative estimate of drug-likeness (QED) is 0.208. The first-order valence-electron chi connectivity index (χ1n) is 12.0. The number of hydrogen-bond donors (Lipinski definition) is 1. The molecule has 0 radical (unpaired) electrons. The van der Waals surface area contributed by atoms with E-state index < -0.39 is 17.7 Å². The lowest BCUT2D eigenvalue weighted by molar-refractivity contribution is -0.140. The van der Waals surface area contributed by atoms with Gasteiger partial charge in [-0.25, -0.2) is 0 Å². The topological polar surface area (TPSA) is 79.7 Å². The van der Waals surface area contributed by atoms with Gasteiger partial charge in [-0.15, -0.1) is 0 Å². The number of aliphatic hydroxyl groups is 1. The monoisotopic (exact) mass is 490 g/mol. The van der Waals surface area contributed by atoms with E-state index in [9.17, 15) is 14.7 Å². The number of Topliss-reactive ketones (excluding diaryl/α,β-unsaturated/α-hetero) is 1. The average Bonchev–Trinajstić information content (AvgIpc) is 3.18. The van der Waals surface area contributed by atoms with E-state index in [1.165, 1.54) is 4.90 Å². The number of pyridine rings is 1. The van der Waals surface area contributed by atoms with Crippen molar-refractivity contribution in [2.24, 2.45) is 0 Å². The van der Waals surface area contributed by atoms with Gasteiger partial charge < -0.3 is 14.7 Å². The zero-order valence-corrected chi connectivity index (χ0v) is 20.4. The van der Waals surface area contributed by atoms with Crippen molar-refractivity contribution in [1.29, 1.82) is 0 Å². The molecular formula is C31H26N2O4. The summed E-state index contributed by atoms with van der Waals surface area (Å²) < 4.78 is 5.91. The number of ketones is 1. The number of amides is 1. The van der Waals surface area contributed by atoms with Crippen molar-refractivity contribution in [3.05, 3.63) is 137 Å². The molecule has 0 spiro atoms. The molecule has 0 saturated carbocycles. The number of ether oxygens (including phenoxy) is 1. The van der Waals surface area contributed by atoms with E-state index in [-0.39, 0.29) is 17.9 Å². The molecule has 1 unspecified atom stereocenters. The molecule has 3 aromatic carbocycles. The number of carbonyl (C=O) groups is 2. The smallest absolute Gasteiger partial charge is 0.295 e. The second kappa shape index (κ2) is 10.5. The molecule has 1 N–H and O–H groups in total. The van der Waals surface area contributed by atoms with Gasteiger partial charge in [0.25, 0.3) is 11.7 Å². The van der Waals surface area contributed by atoms with Crippen LogP contribution in [0.4, 0.5) is 0 Å². The number of likely N-dealkylation sites (tertiary alicyclic amines) is 1. The number of hydrogen-bond acceptors (Lipinski definition) is 5. The minimum absolute atomic E-state index is 0.0636. The van der Waals surface area contributed by atoms with Gasteiger partial charge in [-0.3, -0.25) is 14.6 Å². The molecule has 6 nitrogen and oxygen atoms in total. The van der Waals surface area contributed by atoms with Crippen LogP contribution in [0.3, 0.4) is 0 Å². The van der Waals surface area contributed by atoms with Crippen LogP contribution in [0.25, 0.3) is 5.76 Å². The van der Waals surface area contributed by atoms with E-state index >= 15 is 0 Å². The van der Waals surface area contributed by atoms with Crippen molar-refractivity contribution in [2.45, 2.75) is 26.1 Å². The van der Waals surface area contributed by atoms with Gasteiger partial charge in [-0.05, 0) is 59.5 Å². The zero-order chi connectivity index (χ0) is 25.8. The van der Waals surface area contributed by atoms with Crippen LogP contribution >= 0.6 is 0 Å². The van der Waals surface area contributed by atoms with Gasteiger partial charge in [-0.1, -0.05) is 60.7 Å². The maximum atomic E-state index is 13.2. The molecular weight excluding hydrogens is 464 g/mol. The van der Waals surface area contributed by atoms with Gasteiger partial charge in [0.05, 0.1) is 11.6 Å². The second-order valence-corrected chi connectivity index (χ2v) is 8.94. The number of aliphatic hydroxyl groups excluding tert-OH is 1. The van der Waals surface area contributed by atoms with Crippen molar-refractivity contribution in [3.8, 4) is 5.75 Å². The first-order chi connectivity index (χ1) is 18.0. The van der Waals surface area contributed by atoms with Gasteiger partial charge in [0, 0.05) is 24.5 Å². The zero-order valence-electron chi connectivity index (χ0n) is 20.4. The van der Waals surface area contributed by atoms with E-state index in [1.54, 1.807) is 42.7 Å². The largest absolute Gasteiger partial charge is 0.507 e. The van der Waals surface area contributed by atoms with Crippen LogP contribution in [-0.2, 0) is 22.7 Å². The van der Waals surface area contributed by atoms with E-state index in [0.29, 0.717) is 17.9 Å². The highest BCUT2D eigenvalue weighted by molar-refractivity contribution is 6.46. The summed E-state index contributed by atoms with van der Waals surface area (Å²) in [5.41, 5.74) is 4.27. The number of aromatic nitrogens is 1. The first-order valence-corrected chi connectivity index (χ1v) is 12.0. The summed E-state index contributed by atoms with van der Waals surface area (Å²) in [7, 11) is 0. The van der Waals surface area contributed by atoms with Crippen LogP contribution in [0.2, 0.25) is 0 Å². The van der Waals surface area contributed by atoms with E-state index in [0.717, 1.165) is 22.3 Å². The fourth-order valence-electron chi connectivity index (χ4n) is 4.51. The summed E-state index contributed by atoms with van der Waals surface area (Å²) >= 11 is 0. The van der Waals surface area contributed by atoms with E-state index in [4.69, 9.17) is 4.74 Å². The highest BCUT2D eigenvalue weighted by Crippen LogP contribution is 2.40. The highest BCUT2D eigenvalue weighted by atomic mass is 16.5. The molecule has 1 fully saturated rings. The molecule has 0 aliphatic carbocycles. The van der Waals surface area contributed by atoms with Crippen molar-refractivity contribution >= 4 is 17.4 Å². The van der Waals surface area contributed by atoms with Gasteiger partial charge in [0.2, 0.25) is 0 Å². The van der Waals surface area contributed by atoms with Crippen LogP contribution < -0.4 is 4.74 Å². The lowest BCUT2D eigenvalue weighted by Crippen LogP contribution is -2.29. The van der Waals surface area contributed by atoms with Crippen LogP contribution in [-0.4, -0.2) is 26.7 Å². The molecule has 5 rings (SSSR count). The Morgan fingerprint density at radius 1 is 0.919 bits per heavy atom. The van der Waals surface area contributed by atoms with E-state index in [2.05, 4.69) is 4.98 Å². The Hall–Kier alpha value is -4.71. The average molecular weight is 491 g/mol. The Labute approximate surface area is 215 Å². The van der Waals surface area contributed by atoms with Crippen molar-refractivity contribution in [1.82, 2.24) is 9.88 Å². The maximum absolute atomic E-state index is 13.2. The Morgan fingerprint density at radius 2 is 1.65 bits per heavy atom. The Kier molecular flexibility index (Phi) is 6.81. The van der Waals surface area contributed by atoms with Gasteiger partial charge in [-0.2, -0.15) is 0 Å². The summed E-state index contributed by atoms with van der Waals surface area (Å²) in [5, 5.41) is 11.3. The van der Waals surface area contributed by atoms with Crippen LogP contribution in [0.5, 0.6) is 5.75 Å². The summed E-state index contributed by atoms with van der Waals surface area (Å²) in [6.45, 7) is 2.65. The summed E-state index contributed by atoms with van der Waals surface area (Å²) in [4.78, 5) is 32.0. The van der Waals surface area contributed by atoms with Crippen molar-refractivity contribution in [3.63, 3.8) is 0 Å². The SMILES string of the molecule is Cc1ccccc1COc1ccc(C(O)=C2C(=O)C(=O)N(Cc3cccnc3)C2c2ccccc2)cc1. The number of carbonyl (C=O) groups excluding carboxylic acids is 2. The fraction of sp³-hybridized carbons (Fsp3) is 0.129. The lowest BCUT2D eigenvalue weighted by Gasteiger charge is -2.25. The highest BCUT2D eigenvalue weighted by Gasteiger charge is 2.46. The first kappa shape index (κ1) is 24.0. The molecule has 1 aliphatic heterocycles. The van der Waals surface area contributed by atoms with Crippen LogP contribution in [0.1, 0.15) is 33.9 Å². The molecule has 6 heteroatoms. The lowest BCUT2D eigenvalue weighted by atomic mass is 9.95. The minimum Gasteiger partial charge on any atom is -0.507 e. The molecule has 37 heavy (non-hydrogen) atoms. The molecule has 2 heterocycles. The Bertz CT molecular complexity index is 1450. The molecule has 1 aromatic heterocycles. The summed E-state index contributed by atoms with van der Waals surface area (Å²) in [6, 6.07) is 27.1. The van der Waals surface area contributed by atoms with Crippen LogP contribution in [0, 0.1) is 6.92 Å². The van der Waals surface area contributed by atoms with Crippen molar-refractivity contribution < 1.29 is 19.4 Å². The van der Waals surface area contributed by atoms with Crippen LogP contribution in [0.15, 0.2) is 109 Å². The minimum atomic E-state index is -0.724. The predicted octanol–water partition coefficient (Wildman–Crippen LogP) is 5.59. The predicted molar refractivity (Wildman–Crippen MR) is 140 cm³/mol. The third kappa shape index (κ3) is 5.00. The van der Waals surface area contributed by atoms with E-state index in [1.807, 2.05) is 67.6 Å². The molecule has 1 saturated heterocycles. The van der Waals surface area contributed by atoms with Crippen molar-refractivity contribution in [2.75, 3.05) is 0 Å². The number of nitrogens with zero attached hydrogens (tertiary/aromatic N) is 2. The normalized spacial score (nSPS) is 16.7.